The van der Waals surface area contributed by atoms with E-state index in [4.69, 9.17) is 19.4 Å². The molecule has 0 N–H and O–H groups in total. The average molecular weight is 652 g/mol. The fraction of sp³-hybridized carbons (Fsp3) is 0. The van der Waals surface area contributed by atoms with Gasteiger partial charge in [0.05, 0.1) is 0 Å². The van der Waals surface area contributed by atoms with Crippen molar-refractivity contribution in [2.45, 2.75) is 0 Å². The zero-order valence-electron chi connectivity index (χ0n) is 27.5. The van der Waals surface area contributed by atoms with Crippen molar-refractivity contribution in [3.8, 4) is 56.4 Å². The lowest BCUT2D eigenvalue weighted by Gasteiger charge is -2.13. The molecule has 2 aromatic heterocycles. The number of hydrogen-bond acceptors (Lipinski definition) is 4. The standard InChI is InChI=1S/C47H29N3O/c1-3-13-33(14-4-1)45-48-46(34-15-5-2-6-16-34)50-47(49-45)41-29-40-37(19-11-20-38(40)44-43(41)39-18-9-10-21-42(39)51-44)32-25-22-31(23-26-32)36-27-24-30-12-7-8-17-35(30)28-36/h1-29H. The molecule has 0 aliphatic rings. The largest absolute Gasteiger partial charge is 0.455 e. The van der Waals surface area contributed by atoms with Gasteiger partial charge in [-0.1, -0.05) is 158 Å². The summed E-state index contributed by atoms with van der Waals surface area (Å²) in [6, 6.07) is 61.1. The maximum atomic E-state index is 6.69. The van der Waals surface area contributed by atoms with Crippen LogP contribution in [0.15, 0.2) is 180 Å². The Morgan fingerprint density at radius 1 is 0.333 bits per heavy atom. The lowest BCUT2D eigenvalue weighted by Crippen LogP contribution is -2.00. The van der Waals surface area contributed by atoms with E-state index in [1.807, 2.05) is 72.8 Å². The first kappa shape index (κ1) is 29.0. The molecule has 0 atom stereocenters. The molecule has 0 aliphatic carbocycles. The number of aromatic nitrogens is 3. The third-order valence-electron chi connectivity index (χ3n) is 9.72. The molecule has 0 aliphatic heterocycles. The Kier molecular flexibility index (Phi) is 6.78. The molecule has 0 fully saturated rings. The van der Waals surface area contributed by atoms with E-state index in [-0.39, 0.29) is 0 Å². The van der Waals surface area contributed by atoms with Crippen molar-refractivity contribution in [2.24, 2.45) is 0 Å². The van der Waals surface area contributed by atoms with Crippen molar-refractivity contribution in [3.63, 3.8) is 0 Å². The van der Waals surface area contributed by atoms with Crippen molar-refractivity contribution in [2.75, 3.05) is 0 Å². The molecule has 10 rings (SSSR count). The summed E-state index contributed by atoms with van der Waals surface area (Å²) in [6.45, 7) is 0. The molecule has 0 saturated carbocycles. The highest BCUT2D eigenvalue weighted by Crippen LogP contribution is 2.43. The number of benzene rings is 8. The zero-order chi connectivity index (χ0) is 33.7. The third kappa shape index (κ3) is 5.04. The van der Waals surface area contributed by atoms with Crippen LogP contribution in [0.25, 0.3) is 99.9 Å². The van der Waals surface area contributed by atoms with Crippen LogP contribution in [0.5, 0.6) is 0 Å². The molecular weight excluding hydrogens is 623 g/mol. The number of rotatable bonds is 5. The first-order chi connectivity index (χ1) is 25.3. The normalized spacial score (nSPS) is 11.5. The van der Waals surface area contributed by atoms with Crippen molar-refractivity contribution >= 4 is 43.5 Å². The number of hydrogen-bond donors (Lipinski definition) is 0. The molecule has 2 heterocycles. The predicted octanol–water partition coefficient (Wildman–Crippen LogP) is 12.4. The Balaban J connectivity index is 1.20. The van der Waals surface area contributed by atoms with Crippen LogP contribution in [0.3, 0.4) is 0 Å². The van der Waals surface area contributed by atoms with Crippen molar-refractivity contribution in [3.05, 3.63) is 176 Å². The van der Waals surface area contributed by atoms with Gasteiger partial charge in [-0.15, -0.1) is 0 Å². The van der Waals surface area contributed by atoms with Gasteiger partial charge in [0.1, 0.15) is 11.2 Å². The highest BCUT2D eigenvalue weighted by molar-refractivity contribution is 6.22. The van der Waals surface area contributed by atoms with E-state index in [1.54, 1.807) is 0 Å². The maximum absolute atomic E-state index is 6.69. The Hall–Kier alpha value is -6.91. The minimum Gasteiger partial charge on any atom is -0.455 e. The van der Waals surface area contributed by atoms with Crippen LogP contribution in [0.2, 0.25) is 0 Å². The van der Waals surface area contributed by atoms with E-state index in [9.17, 15) is 0 Å². The molecule has 0 amide bonds. The average Bonchev–Trinajstić information content (AvgIpc) is 3.61. The minimum absolute atomic E-state index is 0.600. The number of fused-ring (bicyclic) bond motifs is 6. The molecule has 0 bridgehead atoms. The fourth-order valence-corrected chi connectivity index (χ4v) is 7.21. The predicted molar refractivity (Wildman–Crippen MR) is 209 cm³/mol. The summed E-state index contributed by atoms with van der Waals surface area (Å²) in [5.41, 5.74) is 9.02. The molecule has 4 nitrogen and oxygen atoms in total. The summed E-state index contributed by atoms with van der Waals surface area (Å²) < 4.78 is 6.69. The van der Waals surface area contributed by atoms with Crippen LogP contribution in [0.4, 0.5) is 0 Å². The molecule has 0 saturated heterocycles. The number of para-hydroxylation sites is 1. The van der Waals surface area contributed by atoms with Crippen molar-refractivity contribution in [1.82, 2.24) is 15.0 Å². The van der Waals surface area contributed by atoms with E-state index in [2.05, 4.69) is 103 Å². The van der Waals surface area contributed by atoms with Gasteiger partial charge in [0, 0.05) is 32.8 Å². The molecule has 51 heavy (non-hydrogen) atoms. The van der Waals surface area contributed by atoms with E-state index in [0.717, 1.165) is 60.5 Å². The summed E-state index contributed by atoms with van der Waals surface area (Å²) in [4.78, 5) is 15.3. The summed E-state index contributed by atoms with van der Waals surface area (Å²) in [5.74, 6) is 1.85. The Bertz CT molecular complexity index is 2840. The van der Waals surface area contributed by atoms with Crippen LogP contribution in [0.1, 0.15) is 0 Å². The van der Waals surface area contributed by atoms with Gasteiger partial charge in [-0.2, -0.15) is 0 Å². The van der Waals surface area contributed by atoms with Gasteiger partial charge in [0.25, 0.3) is 0 Å². The van der Waals surface area contributed by atoms with E-state index < -0.39 is 0 Å². The van der Waals surface area contributed by atoms with E-state index in [0.29, 0.717) is 17.5 Å². The first-order valence-corrected chi connectivity index (χ1v) is 17.1. The van der Waals surface area contributed by atoms with Crippen molar-refractivity contribution < 1.29 is 4.42 Å². The van der Waals surface area contributed by atoms with Crippen LogP contribution in [-0.2, 0) is 0 Å². The highest BCUT2D eigenvalue weighted by atomic mass is 16.3. The van der Waals surface area contributed by atoms with Crippen LogP contribution in [0, 0.1) is 0 Å². The molecule has 0 spiro atoms. The maximum Gasteiger partial charge on any atom is 0.164 e. The minimum atomic E-state index is 0.600. The summed E-state index contributed by atoms with van der Waals surface area (Å²) >= 11 is 0. The molecule has 10 aromatic rings. The van der Waals surface area contributed by atoms with Crippen LogP contribution in [-0.4, -0.2) is 15.0 Å². The lowest BCUT2D eigenvalue weighted by atomic mass is 9.92. The van der Waals surface area contributed by atoms with Gasteiger partial charge >= 0.3 is 0 Å². The second-order valence-corrected chi connectivity index (χ2v) is 12.8. The van der Waals surface area contributed by atoms with Gasteiger partial charge in [0.15, 0.2) is 17.5 Å². The smallest absolute Gasteiger partial charge is 0.164 e. The van der Waals surface area contributed by atoms with Gasteiger partial charge < -0.3 is 4.42 Å². The molecule has 4 heteroatoms. The molecule has 0 unspecified atom stereocenters. The summed E-state index contributed by atoms with van der Waals surface area (Å²) in [5, 5.41) is 6.61. The molecular formula is C47H29N3O. The molecule has 8 aromatic carbocycles. The quantitative estimate of drug-likeness (QED) is 0.186. The highest BCUT2D eigenvalue weighted by Gasteiger charge is 2.21. The third-order valence-corrected chi connectivity index (χ3v) is 9.72. The van der Waals surface area contributed by atoms with Crippen LogP contribution >= 0.6 is 0 Å². The van der Waals surface area contributed by atoms with Gasteiger partial charge in [-0.25, -0.2) is 15.0 Å². The lowest BCUT2D eigenvalue weighted by molar-refractivity contribution is 0.672. The number of nitrogens with zero attached hydrogens (tertiary/aromatic N) is 3. The zero-order valence-corrected chi connectivity index (χ0v) is 27.5. The van der Waals surface area contributed by atoms with E-state index >= 15 is 0 Å². The first-order valence-electron chi connectivity index (χ1n) is 17.1. The Labute approximate surface area is 294 Å². The number of furan rings is 1. The fourth-order valence-electron chi connectivity index (χ4n) is 7.21. The van der Waals surface area contributed by atoms with Crippen LogP contribution < -0.4 is 0 Å². The van der Waals surface area contributed by atoms with Gasteiger partial charge in [0.2, 0.25) is 0 Å². The summed E-state index contributed by atoms with van der Waals surface area (Å²) in [6.07, 6.45) is 0. The monoisotopic (exact) mass is 651 g/mol. The second kappa shape index (κ2) is 11.9. The topological polar surface area (TPSA) is 51.8 Å². The molecule has 0 radical (unpaired) electrons. The SMILES string of the molecule is c1ccc(-c2nc(-c3ccccc3)nc(-c3cc4c(-c5ccc(-c6ccc7ccccc7c6)cc5)cccc4c4oc5ccccc5c34)n2)cc1. The summed E-state index contributed by atoms with van der Waals surface area (Å²) in [7, 11) is 0. The van der Waals surface area contributed by atoms with E-state index in [1.165, 1.54) is 21.9 Å². The van der Waals surface area contributed by atoms with Gasteiger partial charge in [-0.05, 0) is 56.6 Å². The Morgan fingerprint density at radius 3 is 1.67 bits per heavy atom. The van der Waals surface area contributed by atoms with Crippen molar-refractivity contribution in [1.29, 1.82) is 0 Å². The van der Waals surface area contributed by atoms with Gasteiger partial charge in [-0.3, -0.25) is 0 Å². The molecule has 238 valence electrons. The second-order valence-electron chi connectivity index (χ2n) is 12.8. The Morgan fingerprint density at radius 2 is 0.922 bits per heavy atom.